The lowest BCUT2D eigenvalue weighted by Gasteiger charge is -2.30. The molecule has 0 aliphatic heterocycles. The van der Waals surface area contributed by atoms with Gasteiger partial charge in [0.2, 0.25) is 21.8 Å². The van der Waals surface area contributed by atoms with E-state index in [2.05, 4.69) is 5.32 Å². The molecule has 1 N–H and O–H groups in total. The van der Waals surface area contributed by atoms with Crippen LogP contribution >= 0.6 is 0 Å². The zero-order chi connectivity index (χ0) is 26.2. The van der Waals surface area contributed by atoms with Gasteiger partial charge in [0, 0.05) is 25.6 Å². The minimum atomic E-state index is -3.51. The smallest absolute Gasteiger partial charge is 0.242 e. The van der Waals surface area contributed by atoms with Crippen molar-refractivity contribution in [1.29, 1.82) is 0 Å². The molecule has 0 saturated carbocycles. The quantitative estimate of drug-likeness (QED) is 0.473. The molecule has 2 amide bonds. The fourth-order valence-corrected chi connectivity index (χ4v) is 4.79. The number of benzene rings is 2. The highest BCUT2D eigenvalue weighted by atomic mass is 32.2. The Labute approximate surface area is 210 Å². The first kappa shape index (κ1) is 28.4. The molecule has 0 radical (unpaired) electrons. The van der Waals surface area contributed by atoms with E-state index in [0.29, 0.717) is 18.7 Å². The second-order valence-electron chi connectivity index (χ2n) is 9.23. The lowest BCUT2D eigenvalue weighted by Crippen LogP contribution is -2.49. The van der Waals surface area contributed by atoms with E-state index in [4.69, 9.17) is 0 Å². The number of amides is 2. The Morgan fingerprint density at radius 3 is 2.20 bits per heavy atom. The van der Waals surface area contributed by atoms with E-state index in [0.717, 1.165) is 23.1 Å². The molecule has 0 heterocycles. The van der Waals surface area contributed by atoms with Gasteiger partial charge in [-0.15, -0.1) is 0 Å². The molecule has 192 valence electrons. The third-order valence-corrected chi connectivity index (χ3v) is 7.36. The molecule has 0 spiro atoms. The molecule has 2 aromatic carbocycles. The van der Waals surface area contributed by atoms with Gasteiger partial charge in [-0.25, -0.2) is 8.42 Å². The van der Waals surface area contributed by atoms with Gasteiger partial charge in [-0.1, -0.05) is 55.0 Å². The molecular weight excluding hydrogens is 462 g/mol. The molecular formula is C27H39N3O4S. The van der Waals surface area contributed by atoms with E-state index in [9.17, 15) is 18.0 Å². The Morgan fingerprint density at radius 1 is 1.00 bits per heavy atom. The minimum absolute atomic E-state index is 0.0127. The summed E-state index contributed by atoms with van der Waals surface area (Å²) in [5.41, 5.74) is 3.51. The Morgan fingerprint density at radius 2 is 1.63 bits per heavy atom. The number of carbonyl (C=O) groups is 2. The molecule has 2 rings (SSSR count). The van der Waals surface area contributed by atoms with Crippen LogP contribution in [-0.2, 0) is 26.2 Å². The summed E-state index contributed by atoms with van der Waals surface area (Å²) in [6.45, 7) is 10.0. The summed E-state index contributed by atoms with van der Waals surface area (Å²) >= 11 is 0. The van der Waals surface area contributed by atoms with Crippen LogP contribution in [0.25, 0.3) is 0 Å². The number of hydrogen-bond donors (Lipinski definition) is 1. The largest absolute Gasteiger partial charge is 0.352 e. The maximum absolute atomic E-state index is 13.3. The summed E-state index contributed by atoms with van der Waals surface area (Å²) in [7, 11) is -3.51. The number of rotatable bonds is 12. The molecule has 2 aromatic rings. The van der Waals surface area contributed by atoms with E-state index in [1.165, 1.54) is 10.6 Å². The van der Waals surface area contributed by atoms with E-state index in [1.54, 1.807) is 24.0 Å². The Bertz CT molecular complexity index is 1100. The number of nitrogens with one attached hydrogen (secondary N) is 1. The van der Waals surface area contributed by atoms with Gasteiger partial charge in [0.25, 0.3) is 0 Å². The summed E-state index contributed by atoms with van der Waals surface area (Å²) in [6, 6.07) is 14.5. The van der Waals surface area contributed by atoms with Crippen molar-refractivity contribution in [3.8, 4) is 0 Å². The third-order valence-electron chi connectivity index (χ3n) is 6.18. The normalized spacial score (nSPS) is 13.1. The molecule has 2 unspecified atom stereocenters. The summed E-state index contributed by atoms with van der Waals surface area (Å²) < 4.78 is 26.3. The van der Waals surface area contributed by atoms with E-state index in [-0.39, 0.29) is 30.8 Å². The first-order chi connectivity index (χ1) is 16.4. The lowest BCUT2D eigenvalue weighted by atomic mass is 10.1. The van der Waals surface area contributed by atoms with Crippen LogP contribution in [-0.4, -0.2) is 50.0 Å². The molecule has 0 aliphatic carbocycles. The highest BCUT2D eigenvalue weighted by Crippen LogP contribution is 2.23. The fourth-order valence-electron chi connectivity index (χ4n) is 3.76. The first-order valence-corrected chi connectivity index (χ1v) is 14.0. The van der Waals surface area contributed by atoms with Gasteiger partial charge in [0.1, 0.15) is 6.04 Å². The Kier molecular flexibility index (Phi) is 10.3. The van der Waals surface area contributed by atoms with Crippen molar-refractivity contribution in [1.82, 2.24) is 10.2 Å². The highest BCUT2D eigenvalue weighted by molar-refractivity contribution is 7.92. The van der Waals surface area contributed by atoms with Gasteiger partial charge in [0.05, 0.1) is 11.9 Å². The molecule has 2 atom stereocenters. The van der Waals surface area contributed by atoms with Crippen molar-refractivity contribution in [3.63, 3.8) is 0 Å². The molecule has 7 nitrogen and oxygen atoms in total. The molecule has 0 aromatic heterocycles. The second kappa shape index (κ2) is 12.7. The number of anilines is 1. The number of para-hydroxylation sites is 1. The second-order valence-corrected chi connectivity index (χ2v) is 11.1. The van der Waals surface area contributed by atoms with E-state index < -0.39 is 16.1 Å². The molecule has 35 heavy (non-hydrogen) atoms. The number of carbonyl (C=O) groups excluding carboxylic acids is 2. The minimum Gasteiger partial charge on any atom is -0.352 e. The maximum Gasteiger partial charge on any atom is 0.242 e. The van der Waals surface area contributed by atoms with Crippen LogP contribution in [0.1, 0.15) is 56.7 Å². The predicted molar refractivity (Wildman–Crippen MR) is 142 cm³/mol. The lowest BCUT2D eigenvalue weighted by molar-refractivity contribution is -0.140. The number of nitrogens with zero attached hydrogens (tertiary/aromatic N) is 2. The zero-order valence-corrected chi connectivity index (χ0v) is 22.6. The van der Waals surface area contributed by atoms with E-state index >= 15 is 0 Å². The predicted octanol–water partition coefficient (Wildman–Crippen LogP) is 4.18. The molecule has 0 saturated heterocycles. The standard InChI is InChI=1S/C27H39N3O4S/c1-7-22(4)28-27(32)23(5)29(19-24-16-14-20(2)15-17-24)26(31)13-10-18-30(35(6,33)34)25-12-9-8-11-21(25)3/h8-9,11-12,14-17,22-23H,7,10,13,18-19H2,1-6H3,(H,28,32). The van der Waals surface area contributed by atoms with Crippen molar-refractivity contribution in [2.45, 2.75) is 72.5 Å². The van der Waals surface area contributed by atoms with Gasteiger partial charge in [-0.3, -0.25) is 13.9 Å². The maximum atomic E-state index is 13.3. The number of sulfonamides is 1. The van der Waals surface area contributed by atoms with Crippen molar-refractivity contribution >= 4 is 27.5 Å². The van der Waals surface area contributed by atoms with Crippen LogP contribution in [0.5, 0.6) is 0 Å². The van der Waals surface area contributed by atoms with Crippen molar-refractivity contribution in [3.05, 3.63) is 65.2 Å². The third kappa shape index (κ3) is 8.38. The van der Waals surface area contributed by atoms with Gasteiger partial charge in [0.15, 0.2) is 0 Å². The van der Waals surface area contributed by atoms with Crippen LogP contribution in [0.15, 0.2) is 48.5 Å². The zero-order valence-electron chi connectivity index (χ0n) is 21.7. The van der Waals surface area contributed by atoms with Crippen LogP contribution in [0.3, 0.4) is 0 Å². The van der Waals surface area contributed by atoms with Crippen molar-refractivity contribution in [2.24, 2.45) is 0 Å². The van der Waals surface area contributed by atoms with E-state index in [1.807, 2.05) is 64.1 Å². The Balaban J connectivity index is 2.17. The summed E-state index contributed by atoms with van der Waals surface area (Å²) in [4.78, 5) is 27.8. The van der Waals surface area contributed by atoms with Crippen LogP contribution in [0, 0.1) is 13.8 Å². The topological polar surface area (TPSA) is 86.8 Å². The van der Waals surface area contributed by atoms with Crippen molar-refractivity contribution < 1.29 is 18.0 Å². The van der Waals surface area contributed by atoms with Gasteiger partial charge in [-0.2, -0.15) is 0 Å². The molecule has 8 heteroatoms. The average Bonchev–Trinajstić information content (AvgIpc) is 2.80. The molecule has 0 bridgehead atoms. The SMILES string of the molecule is CCC(C)NC(=O)C(C)N(Cc1ccc(C)cc1)C(=O)CCCN(c1ccccc1C)S(C)(=O)=O. The van der Waals surface area contributed by atoms with Gasteiger partial charge in [-0.05, 0) is 57.7 Å². The highest BCUT2D eigenvalue weighted by Gasteiger charge is 2.27. The van der Waals surface area contributed by atoms with Gasteiger partial charge >= 0.3 is 0 Å². The van der Waals surface area contributed by atoms with Crippen molar-refractivity contribution in [2.75, 3.05) is 17.1 Å². The number of aryl methyl sites for hydroxylation is 2. The monoisotopic (exact) mass is 501 g/mol. The molecule has 0 fully saturated rings. The summed E-state index contributed by atoms with van der Waals surface area (Å²) in [5.74, 6) is -0.381. The van der Waals surface area contributed by atoms with Crippen LogP contribution < -0.4 is 9.62 Å². The summed E-state index contributed by atoms with van der Waals surface area (Å²) in [5, 5.41) is 2.96. The number of hydrogen-bond acceptors (Lipinski definition) is 4. The first-order valence-electron chi connectivity index (χ1n) is 12.1. The fraction of sp³-hybridized carbons (Fsp3) is 0.481. The van der Waals surface area contributed by atoms with Crippen LogP contribution in [0.4, 0.5) is 5.69 Å². The van der Waals surface area contributed by atoms with Gasteiger partial charge < -0.3 is 10.2 Å². The summed E-state index contributed by atoms with van der Waals surface area (Å²) in [6.07, 6.45) is 2.44. The average molecular weight is 502 g/mol. The molecule has 0 aliphatic rings. The van der Waals surface area contributed by atoms with Crippen LogP contribution in [0.2, 0.25) is 0 Å². The Hall–Kier alpha value is -2.87.